The van der Waals surface area contributed by atoms with Crippen LogP contribution >= 0.6 is 11.3 Å². The number of morpholine rings is 1. The van der Waals surface area contributed by atoms with Crippen molar-refractivity contribution in [2.75, 3.05) is 26.3 Å². The minimum atomic E-state index is -0.348. The smallest absolute Gasteiger partial charge is 0.367 e. The van der Waals surface area contributed by atoms with Crippen LogP contribution in [0.2, 0.25) is 0 Å². The third-order valence-corrected chi connectivity index (χ3v) is 4.02. The lowest BCUT2D eigenvalue weighted by molar-refractivity contribution is -0.0406. The maximum absolute atomic E-state index is 11.6. The van der Waals surface area contributed by atoms with Gasteiger partial charge in [-0.1, -0.05) is 0 Å². The molecule has 0 radical (unpaired) electrons. The molecule has 2 heterocycles. The van der Waals surface area contributed by atoms with E-state index in [0.29, 0.717) is 24.8 Å². The van der Waals surface area contributed by atoms with Gasteiger partial charge in [0.25, 0.3) is 0 Å². The first-order valence-electron chi connectivity index (χ1n) is 6.81. The molecule has 20 heavy (non-hydrogen) atoms. The van der Waals surface area contributed by atoms with E-state index in [1.165, 1.54) is 11.3 Å². The molecule has 2 rings (SSSR count). The molecule has 1 saturated heterocycles. The Morgan fingerprint density at radius 2 is 2.55 bits per heavy atom. The number of nitrogens with two attached hydrogens (primary N) is 1. The van der Waals surface area contributed by atoms with Crippen LogP contribution in [-0.4, -0.2) is 54.3 Å². The average Bonchev–Trinajstić information content (AvgIpc) is 2.88. The van der Waals surface area contributed by atoms with E-state index in [0.717, 1.165) is 18.8 Å². The van der Waals surface area contributed by atoms with Gasteiger partial charge in [-0.15, -0.1) is 11.3 Å². The van der Waals surface area contributed by atoms with Gasteiger partial charge in [0.1, 0.15) is 0 Å². The molecule has 1 aromatic heterocycles. The van der Waals surface area contributed by atoms with Gasteiger partial charge >= 0.3 is 5.97 Å². The normalized spacial score (nSPS) is 21.6. The fraction of sp³-hybridized carbons (Fsp3) is 0.692. The highest BCUT2D eigenvalue weighted by molar-refractivity contribution is 7.11. The van der Waals surface area contributed by atoms with E-state index >= 15 is 0 Å². The van der Waals surface area contributed by atoms with Crippen LogP contribution < -0.4 is 5.73 Å². The van der Waals surface area contributed by atoms with E-state index < -0.39 is 0 Å². The zero-order valence-corrected chi connectivity index (χ0v) is 12.7. The Balaban J connectivity index is 1.91. The fourth-order valence-electron chi connectivity index (χ4n) is 2.09. The van der Waals surface area contributed by atoms with Crippen molar-refractivity contribution < 1.29 is 14.3 Å². The van der Waals surface area contributed by atoms with Gasteiger partial charge < -0.3 is 15.2 Å². The van der Waals surface area contributed by atoms with Crippen molar-refractivity contribution >= 4 is 17.3 Å². The summed E-state index contributed by atoms with van der Waals surface area (Å²) in [6.07, 6.45) is 0.0620. The third kappa shape index (κ3) is 3.99. The molecule has 1 aliphatic heterocycles. The van der Waals surface area contributed by atoms with Gasteiger partial charge in [-0.05, 0) is 13.8 Å². The van der Waals surface area contributed by atoms with E-state index in [2.05, 4.69) is 9.88 Å². The summed E-state index contributed by atoms with van der Waals surface area (Å²) in [6.45, 7) is 7.15. The monoisotopic (exact) mass is 299 g/mol. The molecule has 6 nitrogen and oxygen atoms in total. The Labute approximate surface area is 122 Å². The van der Waals surface area contributed by atoms with Crippen LogP contribution in [0.1, 0.15) is 29.3 Å². The summed E-state index contributed by atoms with van der Waals surface area (Å²) in [5.41, 5.74) is 6.77. The highest BCUT2D eigenvalue weighted by atomic mass is 32.1. The lowest BCUT2D eigenvalue weighted by Gasteiger charge is -2.34. The Morgan fingerprint density at radius 3 is 3.25 bits per heavy atom. The molecule has 2 atom stereocenters. The van der Waals surface area contributed by atoms with Gasteiger partial charge in [0.15, 0.2) is 0 Å². The van der Waals surface area contributed by atoms with Gasteiger partial charge in [0.05, 0.1) is 25.0 Å². The minimum absolute atomic E-state index is 0.0170. The van der Waals surface area contributed by atoms with Crippen LogP contribution in [0.25, 0.3) is 0 Å². The maximum Gasteiger partial charge on any atom is 0.367 e. The minimum Gasteiger partial charge on any atom is -0.461 e. The summed E-state index contributed by atoms with van der Waals surface area (Å²) in [7, 11) is 0. The number of ether oxygens (including phenoxy) is 2. The van der Waals surface area contributed by atoms with E-state index in [1.54, 1.807) is 6.92 Å². The fourth-order valence-corrected chi connectivity index (χ4v) is 2.79. The summed E-state index contributed by atoms with van der Waals surface area (Å²) in [4.78, 5) is 18.1. The molecule has 0 aromatic carbocycles. The van der Waals surface area contributed by atoms with Crippen LogP contribution in [0.15, 0.2) is 5.38 Å². The van der Waals surface area contributed by atoms with Crippen molar-refractivity contribution in [3.63, 3.8) is 0 Å². The van der Waals surface area contributed by atoms with Crippen LogP contribution in [0, 0.1) is 0 Å². The number of aromatic nitrogens is 1. The van der Waals surface area contributed by atoms with Crippen LogP contribution in [0.5, 0.6) is 0 Å². The molecule has 1 fully saturated rings. The Hall–Kier alpha value is -1.02. The first kappa shape index (κ1) is 15.4. The lowest BCUT2D eigenvalue weighted by atomic mass is 10.1. The molecule has 0 amide bonds. The number of rotatable bonds is 5. The number of nitrogens with zero attached hydrogens (tertiary/aromatic N) is 2. The molecule has 0 bridgehead atoms. The summed E-state index contributed by atoms with van der Waals surface area (Å²) in [5.74, 6) is -0.348. The quantitative estimate of drug-likeness (QED) is 0.813. The predicted octanol–water partition coefficient (Wildman–Crippen LogP) is 0.868. The molecule has 0 saturated carbocycles. The number of hydrogen-bond donors (Lipinski definition) is 1. The molecule has 2 unspecified atom stereocenters. The summed E-state index contributed by atoms with van der Waals surface area (Å²) in [5, 5.41) is 2.32. The molecular weight excluding hydrogens is 278 g/mol. The van der Waals surface area contributed by atoms with Crippen LogP contribution in [-0.2, 0) is 16.0 Å². The zero-order chi connectivity index (χ0) is 14.5. The van der Waals surface area contributed by atoms with E-state index in [4.69, 9.17) is 15.2 Å². The molecule has 0 aliphatic carbocycles. The Bertz CT molecular complexity index is 450. The summed E-state index contributed by atoms with van der Waals surface area (Å²) >= 11 is 1.33. The number of hydrogen-bond acceptors (Lipinski definition) is 7. The molecular formula is C13H21N3O3S. The third-order valence-electron chi connectivity index (χ3n) is 3.15. The summed E-state index contributed by atoms with van der Waals surface area (Å²) in [6, 6.07) is 0.0170. The maximum atomic E-state index is 11.6. The molecule has 1 aliphatic rings. The van der Waals surface area contributed by atoms with Gasteiger partial charge in [-0.25, -0.2) is 9.78 Å². The average molecular weight is 299 g/mol. The molecule has 2 N–H and O–H groups in total. The van der Waals surface area contributed by atoms with E-state index in [-0.39, 0.29) is 18.1 Å². The second kappa shape index (κ2) is 7.12. The second-order valence-electron chi connectivity index (χ2n) is 4.87. The van der Waals surface area contributed by atoms with Crippen molar-refractivity contribution in [3.8, 4) is 0 Å². The molecule has 1 aromatic rings. The second-order valence-corrected chi connectivity index (χ2v) is 5.73. The zero-order valence-electron chi connectivity index (χ0n) is 11.9. The van der Waals surface area contributed by atoms with Gasteiger partial charge in [-0.3, -0.25) is 4.90 Å². The van der Waals surface area contributed by atoms with Crippen molar-refractivity contribution in [1.29, 1.82) is 0 Å². The SMILES string of the molecule is CCOC(=O)c1nc(CN2CCOC(C(C)N)C2)cs1. The van der Waals surface area contributed by atoms with E-state index in [9.17, 15) is 4.79 Å². The van der Waals surface area contributed by atoms with Crippen molar-refractivity contribution in [2.24, 2.45) is 5.73 Å². The van der Waals surface area contributed by atoms with Crippen LogP contribution in [0.3, 0.4) is 0 Å². The number of carbonyl (C=O) groups excluding carboxylic acids is 1. The van der Waals surface area contributed by atoms with Gasteiger partial charge in [-0.2, -0.15) is 0 Å². The highest BCUT2D eigenvalue weighted by Crippen LogP contribution is 2.15. The van der Waals surface area contributed by atoms with Gasteiger partial charge in [0, 0.05) is 31.1 Å². The van der Waals surface area contributed by atoms with Crippen molar-refractivity contribution in [3.05, 3.63) is 16.1 Å². The molecule has 112 valence electrons. The standard InChI is InChI=1S/C13H21N3O3S/c1-3-18-13(17)12-15-10(8-20-12)6-16-4-5-19-11(7-16)9(2)14/h8-9,11H,3-7,14H2,1-2H3. The van der Waals surface area contributed by atoms with Crippen molar-refractivity contribution in [2.45, 2.75) is 32.5 Å². The van der Waals surface area contributed by atoms with Crippen LogP contribution in [0.4, 0.5) is 0 Å². The number of thiazole rings is 1. The molecule has 0 spiro atoms. The highest BCUT2D eigenvalue weighted by Gasteiger charge is 2.24. The number of carbonyl (C=O) groups is 1. The van der Waals surface area contributed by atoms with Crippen molar-refractivity contribution in [1.82, 2.24) is 9.88 Å². The summed E-state index contributed by atoms with van der Waals surface area (Å²) < 4.78 is 10.6. The van der Waals surface area contributed by atoms with E-state index in [1.807, 2.05) is 12.3 Å². The molecule has 7 heteroatoms. The first-order valence-corrected chi connectivity index (χ1v) is 7.69. The number of esters is 1. The Morgan fingerprint density at radius 1 is 1.75 bits per heavy atom. The topological polar surface area (TPSA) is 77.7 Å². The largest absolute Gasteiger partial charge is 0.461 e. The van der Waals surface area contributed by atoms with Gasteiger partial charge in [0.2, 0.25) is 5.01 Å². The first-order chi connectivity index (χ1) is 9.60. The Kier molecular flexibility index (Phi) is 5.47. The lowest BCUT2D eigenvalue weighted by Crippen LogP contribution is -2.49. The predicted molar refractivity (Wildman–Crippen MR) is 76.7 cm³/mol.